The van der Waals surface area contributed by atoms with Gasteiger partial charge in [0.25, 0.3) is 5.91 Å². The van der Waals surface area contributed by atoms with E-state index in [9.17, 15) is 34.5 Å². The number of fused-ring (bicyclic) bond motifs is 1. The number of carboxylic acid groups (broad SMARTS) is 1. The fourth-order valence-corrected chi connectivity index (χ4v) is 8.41. The molecule has 3 amide bonds. The molecule has 2 atom stereocenters. The average Bonchev–Trinajstić information content (AvgIpc) is 3.28. The van der Waals surface area contributed by atoms with Crippen LogP contribution in [0.1, 0.15) is 76.4 Å². The van der Waals surface area contributed by atoms with Crippen LogP contribution in [0, 0.1) is 6.92 Å². The van der Waals surface area contributed by atoms with Crippen molar-refractivity contribution in [3.8, 4) is 16.9 Å². The van der Waals surface area contributed by atoms with E-state index in [1.807, 2.05) is 98.8 Å². The quantitative estimate of drug-likeness (QED) is 0.0482. The number of amides is 3. The fourth-order valence-electron chi connectivity index (χ4n) is 8.41. The summed E-state index contributed by atoms with van der Waals surface area (Å²) >= 11 is 0. The van der Waals surface area contributed by atoms with Crippen molar-refractivity contribution >= 4 is 40.2 Å². The number of hydrogen-bond donors (Lipinski definition) is 8. The van der Waals surface area contributed by atoms with Crippen LogP contribution in [0.25, 0.3) is 22.0 Å². The highest BCUT2D eigenvalue weighted by Crippen LogP contribution is 2.39. The van der Waals surface area contributed by atoms with E-state index < -0.39 is 12.2 Å². The third kappa shape index (κ3) is 11.4. The van der Waals surface area contributed by atoms with Crippen LogP contribution in [0.15, 0.2) is 120 Å². The first-order chi connectivity index (χ1) is 30.4. The maximum absolute atomic E-state index is 13.4. The molecule has 5 aromatic carbocycles. The molecule has 1 fully saturated rings. The number of aliphatic hydroxyl groups excluding tert-OH is 1. The molecule has 6 aromatic rings. The van der Waals surface area contributed by atoms with Crippen LogP contribution < -0.4 is 26.8 Å². The third-order valence-electron chi connectivity index (χ3n) is 11.8. The van der Waals surface area contributed by atoms with Gasteiger partial charge in [-0.3, -0.25) is 19.7 Å². The minimum absolute atomic E-state index is 0.0251. The Kier molecular flexibility index (Phi) is 14.3. The molecule has 1 unspecified atom stereocenters. The van der Waals surface area contributed by atoms with E-state index in [4.69, 9.17) is 0 Å². The average molecular weight is 851 g/mol. The minimum atomic E-state index is -1.09. The van der Waals surface area contributed by atoms with Crippen LogP contribution >= 0.6 is 0 Å². The van der Waals surface area contributed by atoms with E-state index in [1.54, 1.807) is 18.2 Å². The van der Waals surface area contributed by atoms with E-state index in [1.165, 1.54) is 12.1 Å². The van der Waals surface area contributed by atoms with Crippen LogP contribution in [0.2, 0.25) is 0 Å². The van der Waals surface area contributed by atoms with E-state index in [0.29, 0.717) is 53.8 Å². The summed E-state index contributed by atoms with van der Waals surface area (Å²) in [5.74, 6) is -0.215. The van der Waals surface area contributed by atoms with Crippen LogP contribution in [0.3, 0.4) is 0 Å². The predicted octanol–water partition coefficient (Wildman–Crippen LogP) is 7.69. The Morgan fingerprint density at radius 1 is 0.873 bits per heavy atom. The van der Waals surface area contributed by atoms with Gasteiger partial charge in [-0.15, -0.1) is 0 Å². The number of pyridine rings is 1. The number of anilines is 2. The van der Waals surface area contributed by atoms with Crippen LogP contribution in [-0.2, 0) is 17.8 Å². The van der Waals surface area contributed by atoms with Gasteiger partial charge in [-0.25, -0.2) is 4.79 Å². The molecule has 1 aliphatic heterocycles. The van der Waals surface area contributed by atoms with Gasteiger partial charge >= 0.3 is 6.09 Å². The van der Waals surface area contributed by atoms with Crippen LogP contribution in [-0.4, -0.2) is 75.3 Å². The zero-order valence-corrected chi connectivity index (χ0v) is 35.5. The lowest BCUT2D eigenvalue weighted by molar-refractivity contribution is -0.121. The van der Waals surface area contributed by atoms with Crippen molar-refractivity contribution in [3.05, 3.63) is 159 Å². The van der Waals surface area contributed by atoms with Crippen molar-refractivity contribution in [2.24, 2.45) is 0 Å². The first-order valence-electron chi connectivity index (χ1n) is 21.4. The van der Waals surface area contributed by atoms with Crippen molar-refractivity contribution in [1.29, 1.82) is 0 Å². The molecule has 326 valence electrons. The van der Waals surface area contributed by atoms with Crippen LogP contribution in [0.4, 0.5) is 16.2 Å². The summed E-state index contributed by atoms with van der Waals surface area (Å²) in [4.78, 5) is 54.9. The minimum Gasteiger partial charge on any atom is -0.506 e. The van der Waals surface area contributed by atoms with Crippen molar-refractivity contribution in [3.63, 3.8) is 0 Å². The Balaban J connectivity index is 0.868. The number of hydrogen-bond acceptors (Lipinski definition) is 8. The molecule has 2 heterocycles. The number of benzene rings is 5. The summed E-state index contributed by atoms with van der Waals surface area (Å²) in [5, 5.41) is 43.5. The van der Waals surface area contributed by atoms with Crippen LogP contribution in [0.5, 0.6) is 5.75 Å². The second kappa shape index (κ2) is 20.4. The predicted molar refractivity (Wildman–Crippen MR) is 246 cm³/mol. The second-order valence-electron chi connectivity index (χ2n) is 16.3. The third-order valence-corrected chi connectivity index (χ3v) is 11.8. The largest absolute Gasteiger partial charge is 0.506 e. The number of likely N-dealkylation sites (tertiary alicyclic amines) is 1. The molecule has 13 heteroatoms. The maximum atomic E-state index is 13.4. The first kappa shape index (κ1) is 44.3. The lowest BCUT2D eigenvalue weighted by Gasteiger charge is -2.33. The topological polar surface area (TPSA) is 196 Å². The maximum Gasteiger partial charge on any atom is 0.409 e. The number of aromatic nitrogens is 1. The highest BCUT2D eigenvalue weighted by atomic mass is 16.4. The Labute approximate surface area is 366 Å². The van der Waals surface area contributed by atoms with Crippen molar-refractivity contribution < 1.29 is 29.7 Å². The number of para-hydroxylation sites is 1. The Bertz CT molecular complexity index is 2640. The highest BCUT2D eigenvalue weighted by molar-refractivity contribution is 6.04. The SMILES string of the molecule is Cc1ccc(C(=O)Nc2cccc(CC(C)NC[C@H](O)c3ccc(O)c4[nH]c(=O)ccc34)c2)cc1CNC(=O)CCN1CCC(c2cccc(-c3ccccc3)c2NC(=O)O)CC1. The molecule has 0 aliphatic carbocycles. The molecule has 8 N–H and O–H groups in total. The summed E-state index contributed by atoms with van der Waals surface area (Å²) in [7, 11) is 0. The molecular formula is C50H54N6O7. The lowest BCUT2D eigenvalue weighted by Crippen LogP contribution is -2.36. The summed E-state index contributed by atoms with van der Waals surface area (Å²) in [5.41, 5.74) is 7.89. The monoisotopic (exact) mass is 850 g/mol. The Morgan fingerprint density at radius 3 is 2.43 bits per heavy atom. The standard InChI is InChI=1S/C50H54N6O7/c1-31-14-15-36(49(61)53-38-11-6-8-33(27-38)26-32(2)51-30-44(58)41-16-18-43(57)48-42(41)17-19-46(60)54-48)28-37(31)29-52-45(59)22-25-56-23-20-35(21-24-56)40-13-7-12-39(47(40)55-50(62)63)34-9-4-3-5-10-34/h3-19,27-28,32,35,44,51,55,57-58H,20-26,29-30H2,1-2H3,(H,52,59)(H,53,61)(H,54,60)(H,62,63)/t32?,44-/m0/s1. The fraction of sp³-hybridized carbons (Fsp3) is 0.280. The molecule has 0 saturated carbocycles. The van der Waals surface area contributed by atoms with Crippen molar-refractivity contribution in [2.75, 3.05) is 36.8 Å². The number of nitrogens with one attached hydrogen (secondary N) is 5. The number of aryl methyl sites for hydroxylation is 1. The van der Waals surface area contributed by atoms with Gasteiger partial charge in [-0.2, -0.15) is 0 Å². The van der Waals surface area contributed by atoms with Gasteiger partial charge in [0.1, 0.15) is 5.75 Å². The summed E-state index contributed by atoms with van der Waals surface area (Å²) < 4.78 is 0. The highest BCUT2D eigenvalue weighted by Gasteiger charge is 2.25. The number of carbonyl (C=O) groups excluding carboxylic acids is 2. The lowest BCUT2D eigenvalue weighted by atomic mass is 9.86. The number of aromatic amines is 1. The number of carbonyl (C=O) groups is 3. The number of phenols is 1. The van der Waals surface area contributed by atoms with Crippen molar-refractivity contribution in [2.45, 2.75) is 64.1 Å². The molecule has 63 heavy (non-hydrogen) atoms. The zero-order chi connectivity index (χ0) is 44.5. The number of rotatable bonds is 16. The number of aromatic hydroxyl groups is 1. The van der Waals surface area contributed by atoms with Gasteiger partial charge in [-0.1, -0.05) is 72.8 Å². The number of aliphatic hydroxyl groups is 1. The summed E-state index contributed by atoms with van der Waals surface area (Å²) in [6.45, 7) is 6.70. The molecule has 1 aromatic heterocycles. The molecular weight excluding hydrogens is 797 g/mol. The zero-order valence-electron chi connectivity index (χ0n) is 35.5. The molecule has 0 radical (unpaired) electrons. The second-order valence-corrected chi connectivity index (χ2v) is 16.3. The Morgan fingerprint density at radius 2 is 1.65 bits per heavy atom. The Hall–Kier alpha value is -6.80. The number of phenolic OH excluding ortho intramolecular Hbond substituents is 1. The van der Waals surface area contributed by atoms with Gasteiger partial charge in [0.05, 0.1) is 17.3 Å². The molecule has 1 saturated heterocycles. The normalized spacial score (nSPS) is 14.2. The van der Waals surface area contributed by atoms with Gasteiger partial charge in [0, 0.05) is 60.4 Å². The van der Waals surface area contributed by atoms with E-state index in [-0.39, 0.29) is 47.1 Å². The number of H-pyrrole nitrogens is 1. The molecule has 7 rings (SSSR count). The van der Waals surface area contributed by atoms with Gasteiger partial charge in [-0.05, 0) is 122 Å². The summed E-state index contributed by atoms with van der Waals surface area (Å²) in [6.07, 6.45) is 0.687. The van der Waals surface area contributed by atoms with Crippen molar-refractivity contribution in [1.82, 2.24) is 20.5 Å². The smallest absolute Gasteiger partial charge is 0.409 e. The van der Waals surface area contributed by atoms with E-state index in [0.717, 1.165) is 59.3 Å². The first-order valence-corrected chi connectivity index (χ1v) is 21.4. The van der Waals surface area contributed by atoms with Gasteiger partial charge < -0.3 is 41.2 Å². The van der Waals surface area contributed by atoms with E-state index in [2.05, 4.69) is 31.2 Å². The number of piperidine rings is 1. The number of nitrogens with zero attached hydrogens (tertiary/aromatic N) is 1. The van der Waals surface area contributed by atoms with E-state index >= 15 is 0 Å². The molecule has 0 spiro atoms. The molecule has 13 nitrogen and oxygen atoms in total. The van der Waals surface area contributed by atoms with Gasteiger partial charge in [0.2, 0.25) is 11.5 Å². The molecule has 0 bridgehead atoms. The molecule has 1 aliphatic rings. The van der Waals surface area contributed by atoms with Gasteiger partial charge in [0.15, 0.2) is 0 Å². The summed E-state index contributed by atoms with van der Waals surface area (Å²) in [6, 6.07) is 34.8.